The monoisotopic (exact) mass is 639 g/mol. The van der Waals surface area contributed by atoms with E-state index in [2.05, 4.69) is 9.88 Å². The van der Waals surface area contributed by atoms with Gasteiger partial charge in [-0.1, -0.05) is 56.0 Å². The van der Waals surface area contributed by atoms with E-state index in [-0.39, 0.29) is 24.1 Å². The molecule has 1 aliphatic carbocycles. The van der Waals surface area contributed by atoms with Crippen LogP contribution < -0.4 is 10.1 Å². The van der Waals surface area contributed by atoms with Crippen molar-refractivity contribution in [1.29, 1.82) is 0 Å². The Morgan fingerprint density at radius 2 is 1.70 bits per heavy atom. The molecule has 1 aliphatic rings. The zero-order valence-electron chi connectivity index (χ0n) is 25.6. The largest absolute Gasteiger partial charge is 0.489 e. The molecule has 9 heteroatoms. The number of nitrogens with one attached hydrogen (secondary N) is 1. The maximum absolute atomic E-state index is 15.9. The van der Waals surface area contributed by atoms with Crippen molar-refractivity contribution in [3.8, 4) is 28.3 Å². The number of benzene rings is 4. The fourth-order valence-corrected chi connectivity index (χ4v) is 6.29. The average molecular weight is 640 g/mol. The van der Waals surface area contributed by atoms with E-state index in [4.69, 9.17) is 21.3 Å². The van der Waals surface area contributed by atoms with E-state index in [0.29, 0.717) is 39.8 Å². The number of halogens is 2. The average Bonchev–Trinajstić information content (AvgIpc) is 3.45. The van der Waals surface area contributed by atoms with Crippen molar-refractivity contribution in [2.75, 3.05) is 6.54 Å². The van der Waals surface area contributed by atoms with Crippen LogP contribution in [0.1, 0.15) is 77.8 Å². The lowest BCUT2D eigenvalue weighted by Crippen LogP contribution is -2.24. The lowest BCUT2D eigenvalue weighted by molar-refractivity contribution is 0.0696. The lowest BCUT2D eigenvalue weighted by Gasteiger charge is -2.25. The van der Waals surface area contributed by atoms with E-state index in [1.165, 1.54) is 6.07 Å². The topological polar surface area (TPSA) is 93.4 Å². The van der Waals surface area contributed by atoms with E-state index in [9.17, 15) is 14.7 Å². The maximum atomic E-state index is 15.9. The van der Waals surface area contributed by atoms with Crippen LogP contribution in [0.3, 0.4) is 0 Å². The number of nitrogens with zero attached hydrogens (tertiary/aromatic N) is 2. The minimum Gasteiger partial charge on any atom is -0.489 e. The van der Waals surface area contributed by atoms with Crippen LogP contribution >= 0.6 is 11.6 Å². The quantitative estimate of drug-likeness (QED) is 0.159. The number of rotatable bonds is 10. The summed E-state index contributed by atoms with van der Waals surface area (Å²) >= 11 is 6.12. The second-order valence-electron chi connectivity index (χ2n) is 11.7. The minimum atomic E-state index is -1.03. The van der Waals surface area contributed by atoms with Crippen molar-refractivity contribution in [2.24, 2.45) is 0 Å². The summed E-state index contributed by atoms with van der Waals surface area (Å²) in [5.41, 5.74) is 4.86. The normalized spacial score (nSPS) is 13.5. The number of carboxylic acid groups (broad SMARTS) is 1. The Morgan fingerprint density at radius 1 is 0.957 bits per heavy atom. The van der Waals surface area contributed by atoms with Crippen LogP contribution in [0.15, 0.2) is 78.9 Å². The van der Waals surface area contributed by atoms with Gasteiger partial charge >= 0.3 is 5.97 Å². The zero-order valence-corrected chi connectivity index (χ0v) is 26.3. The van der Waals surface area contributed by atoms with E-state index in [1.807, 2.05) is 25.1 Å². The number of hydrogen-bond donors (Lipinski definition) is 2. The molecule has 7 nitrogen and oxygen atoms in total. The first-order chi connectivity index (χ1) is 22.3. The molecule has 2 N–H and O–H groups in total. The number of carbonyl (C=O) groups is 2. The fraction of sp³-hybridized carbons (Fsp3) is 0.270. The van der Waals surface area contributed by atoms with Crippen molar-refractivity contribution < 1.29 is 23.8 Å². The Kier molecular flexibility index (Phi) is 9.35. The molecule has 236 valence electrons. The molecular weight excluding hydrogens is 605 g/mol. The number of imidazole rings is 1. The highest BCUT2D eigenvalue weighted by Gasteiger charge is 2.25. The number of amides is 1. The standard InChI is InChI=1S/C37H35ClFN3O4/c1-2-18-40-36(43)24-10-15-30(23-8-12-27(38)13-9-23)26(19-24)22-46-29-14-16-31(32(39)21-29)35-41-33-20-25(37(44)45)11-17-34(33)42(35)28-6-4-3-5-7-28/h8-17,19-21,28H,2-7,18,22H2,1H3,(H,40,43)(H,44,45). The van der Waals surface area contributed by atoms with Gasteiger partial charge in [0, 0.05) is 29.2 Å². The Balaban J connectivity index is 1.32. The summed E-state index contributed by atoms with van der Waals surface area (Å²) in [5.74, 6) is -0.886. The molecule has 0 bridgehead atoms. The van der Waals surface area contributed by atoms with E-state index in [1.54, 1.807) is 54.6 Å². The molecule has 1 aromatic heterocycles. The van der Waals surface area contributed by atoms with Crippen LogP contribution in [0.25, 0.3) is 33.5 Å². The van der Waals surface area contributed by atoms with Crippen LogP contribution in [-0.4, -0.2) is 33.1 Å². The Labute approximate surface area is 272 Å². The second-order valence-corrected chi connectivity index (χ2v) is 12.1. The summed E-state index contributed by atoms with van der Waals surface area (Å²) in [6.07, 6.45) is 6.04. The zero-order chi connectivity index (χ0) is 32.2. The number of aromatic nitrogens is 2. The van der Waals surface area contributed by atoms with Crippen LogP contribution in [0.2, 0.25) is 5.02 Å². The minimum absolute atomic E-state index is 0.101. The summed E-state index contributed by atoms with van der Waals surface area (Å²) in [7, 11) is 0. The van der Waals surface area contributed by atoms with Gasteiger partial charge in [-0.3, -0.25) is 4.79 Å². The van der Waals surface area contributed by atoms with Gasteiger partial charge in [-0.15, -0.1) is 0 Å². The van der Waals surface area contributed by atoms with Crippen molar-refractivity contribution >= 4 is 34.5 Å². The number of ether oxygens (including phenoxy) is 1. The van der Waals surface area contributed by atoms with Crippen LogP contribution in [0.4, 0.5) is 4.39 Å². The molecule has 0 atom stereocenters. The highest BCUT2D eigenvalue weighted by Crippen LogP contribution is 2.38. The summed E-state index contributed by atoms with van der Waals surface area (Å²) < 4.78 is 24.1. The molecule has 5 aromatic rings. The number of hydrogen-bond acceptors (Lipinski definition) is 4. The Hall–Kier alpha value is -4.69. The molecule has 1 heterocycles. The first kappa shape index (κ1) is 31.3. The molecule has 0 aliphatic heterocycles. The molecular formula is C37H35ClFN3O4. The van der Waals surface area contributed by atoms with Gasteiger partial charge in [0.1, 0.15) is 24.0 Å². The Morgan fingerprint density at radius 3 is 2.41 bits per heavy atom. The lowest BCUT2D eigenvalue weighted by atomic mass is 9.94. The third kappa shape index (κ3) is 6.63. The highest BCUT2D eigenvalue weighted by atomic mass is 35.5. The molecule has 6 rings (SSSR count). The van der Waals surface area contributed by atoms with Crippen molar-refractivity contribution in [3.05, 3.63) is 106 Å². The van der Waals surface area contributed by atoms with Crippen LogP contribution in [0, 0.1) is 5.82 Å². The van der Waals surface area contributed by atoms with Crippen molar-refractivity contribution in [2.45, 2.75) is 58.1 Å². The first-order valence-electron chi connectivity index (χ1n) is 15.7. The predicted octanol–water partition coefficient (Wildman–Crippen LogP) is 9.09. The molecule has 0 spiro atoms. The van der Waals surface area contributed by atoms with Gasteiger partial charge in [0.2, 0.25) is 0 Å². The van der Waals surface area contributed by atoms with Crippen molar-refractivity contribution in [1.82, 2.24) is 14.9 Å². The molecule has 0 radical (unpaired) electrons. The van der Waals surface area contributed by atoms with Gasteiger partial charge in [-0.2, -0.15) is 0 Å². The Bertz CT molecular complexity index is 1900. The van der Waals surface area contributed by atoms with Gasteiger partial charge in [0.15, 0.2) is 0 Å². The molecule has 1 amide bonds. The third-order valence-electron chi connectivity index (χ3n) is 8.51. The third-order valence-corrected chi connectivity index (χ3v) is 8.76. The smallest absolute Gasteiger partial charge is 0.335 e. The molecule has 1 saturated carbocycles. The van der Waals surface area contributed by atoms with E-state index in [0.717, 1.165) is 60.7 Å². The van der Waals surface area contributed by atoms with Gasteiger partial charge in [-0.25, -0.2) is 14.2 Å². The number of carbonyl (C=O) groups excluding carboxylic acids is 1. The van der Waals surface area contributed by atoms with Gasteiger partial charge in [0.05, 0.1) is 22.2 Å². The number of aromatic carboxylic acids is 1. The van der Waals surface area contributed by atoms with Gasteiger partial charge in [-0.05, 0) is 90.6 Å². The molecule has 4 aromatic carbocycles. The van der Waals surface area contributed by atoms with Crippen LogP contribution in [0.5, 0.6) is 5.75 Å². The van der Waals surface area contributed by atoms with E-state index < -0.39 is 11.8 Å². The molecule has 0 saturated heterocycles. The first-order valence-corrected chi connectivity index (χ1v) is 16.0. The van der Waals surface area contributed by atoms with Crippen molar-refractivity contribution in [3.63, 3.8) is 0 Å². The fourth-order valence-electron chi connectivity index (χ4n) is 6.16. The number of carboxylic acids is 1. The van der Waals surface area contributed by atoms with E-state index >= 15 is 4.39 Å². The molecule has 1 fully saturated rings. The van der Waals surface area contributed by atoms with Crippen LogP contribution in [-0.2, 0) is 6.61 Å². The summed E-state index contributed by atoms with van der Waals surface area (Å²) in [6, 6.07) is 22.7. The molecule has 46 heavy (non-hydrogen) atoms. The summed E-state index contributed by atoms with van der Waals surface area (Å²) in [6.45, 7) is 2.67. The molecule has 0 unspecified atom stereocenters. The predicted molar refractivity (Wildman–Crippen MR) is 178 cm³/mol. The second kappa shape index (κ2) is 13.7. The highest BCUT2D eigenvalue weighted by molar-refractivity contribution is 6.30. The summed E-state index contributed by atoms with van der Waals surface area (Å²) in [4.78, 5) is 29.1. The van der Waals surface area contributed by atoms with Gasteiger partial charge < -0.3 is 19.7 Å². The SMILES string of the molecule is CCCNC(=O)c1ccc(-c2ccc(Cl)cc2)c(COc2ccc(-c3nc4cc(C(=O)O)ccc4n3C3CCCCC3)c(F)c2)c1. The summed E-state index contributed by atoms with van der Waals surface area (Å²) in [5, 5.41) is 13.1. The maximum Gasteiger partial charge on any atom is 0.335 e. The van der Waals surface area contributed by atoms with Gasteiger partial charge in [0.25, 0.3) is 5.91 Å². The number of fused-ring (bicyclic) bond motifs is 1.